The average Bonchev–Trinajstić information content (AvgIpc) is 2.72. The van der Waals surface area contributed by atoms with E-state index < -0.39 is 10.0 Å². The lowest BCUT2D eigenvalue weighted by atomic mass is 10.0. The van der Waals surface area contributed by atoms with Gasteiger partial charge in [0.25, 0.3) is 15.9 Å². The Kier molecular flexibility index (Phi) is 5.73. The molecule has 30 heavy (non-hydrogen) atoms. The van der Waals surface area contributed by atoms with Gasteiger partial charge in [0.05, 0.1) is 10.6 Å². The molecule has 0 saturated carbocycles. The summed E-state index contributed by atoms with van der Waals surface area (Å²) in [5, 5.41) is 0.933. The highest BCUT2D eigenvalue weighted by atomic mass is 35.5. The molecule has 1 amide bonds. The van der Waals surface area contributed by atoms with Crippen molar-refractivity contribution in [2.75, 3.05) is 16.2 Å². The fraction of sp³-hybridized carbons (Fsp3) is 0.136. The van der Waals surface area contributed by atoms with E-state index in [-0.39, 0.29) is 10.8 Å². The Balaban J connectivity index is 1.64. The standard InChI is InChI=1S/C22H18Cl2N2O3S/c23-17-6-1-4-16(12-17)22(27)26-11-3-5-15-13-20(9-10-21(15)26)30(28,29)25-19-8-2-7-18(24)14-19/h1-2,4,6-10,12-14,25H,3,5,11H2. The van der Waals surface area contributed by atoms with Gasteiger partial charge in [0, 0.05) is 27.8 Å². The summed E-state index contributed by atoms with van der Waals surface area (Å²) in [5.74, 6) is -0.161. The number of hydrogen-bond acceptors (Lipinski definition) is 3. The summed E-state index contributed by atoms with van der Waals surface area (Å²) >= 11 is 12.0. The van der Waals surface area contributed by atoms with E-state index in [1.54, 1.807) is 65.6 Å². The Bertz CT molecular complexity index is 1230. The zero-order chi connectivity index (χ0) is 21.3. The van der Waals surface area contributed by atoms with Gasteiger partial charge in [-0.15, -0.1) is 0 Å². The van der Waals surface area contributed by atoms with Crippen LogP contribution in [0.15, 0.2) is 71.6 Å². The van der Waals surface area contributed by atoms with Crippen LogP contribution in [0, 0.1) is 0 Å². The average molecular weight is 461 g/mol. The van der Waals surface area contributed by atoms with Crippen molar-refractivity contribution in [1.29, 1.82) is 0 Å². The van der Waals surface area contributed by atoms with Gasteiger partial charge in [-0.1, -0.05) is 35.3 Å². The molecule has 0 fully saturated rings. The largest absolute Gasteiger partial charge is 0.308 e. The van der Waals surface area contributed by atoms with Crippen molar-refractivity contribution in [3.63, 3.8) is 0 Å². The Morgan fingerprint density at radius 3 is 2.40 bits per heavy atom. The van der Waals surface area contributed by atoms with E-state index in [1.165, 1.54) is 6.07 Å². The minimum atomic E-state index is -3.79. The zero-order valence-electron chi connectivity index (χ0n) is 15.8. The fourth-order valence-electron chi connectivity index (χ4n) is 3.50. The molecule has 1 aliphatic heterocycles. The van der Waals surface area contributed by atoms with Crippen LogP contribution in [-0.4, -0.2) is 20.9 Å². The lowest BCUT2D eigenvalue weighted by Gasteiger charge is -2.30. The predicted octanol–water partition coefficient (Wildman–Crippen LogP) is 5.39. The molecule has 5 nitrogen and oxygen atoms in total. The van der Waals surface area contributed by atoms with Crippen LogP contribution in [-0.2, 0) is 16.4 Å². The first-order valence-corrected chi connectivity index (χ1v) is 11.6. The van der Waals surface area contributed by atoms with E-state index in [4.69, 9.17) is 23.2 Å². The molecule has 0 aromatic heterocycles. The molecule has 0 radical (unpaired) electrons. The van der Waals surface area contributed by atoms with Gasteiger partial charge in [0.15, 0.2) is 0 Å². The van der Waals surface area contributed by atoms with Gasteiger partial charge in [0.2, 0.25) is 0 Å². The molecule has 1 heterocycles. The maximum atomic E-state index is 13.0. The van der Waals surface area contributed by atoms with Crippen LogP contribution in [0.2, 0.25) is 10.0 Å². The normalized spacial score (nSPS) is 13.6. The second kappa shape index (κ2) is 8.30. The van der Waals surface area contributed by atoms with Crippen molar-refractivity contribution in [3.8, 4) is 0 Å². The first-order valence-electron chi connectivity index (χ1n) is 9.32. The minimum absolute atomic E-state index is 0.137. The van der Waals surface area contributed by atoms with Gasteiger partial charge < -0.3 is 4.90 Å². The number of carbonyl (C=O) groups excluding carboxylic acids is 1. The number of benzene rings is 3. The smallest absolute Gasteiger partial charge is 0.261 e. The van der Waals surface area contributed by atoms with E-state index >= 15 is 0 Å². The fourth-order valence-corrected chi connectivity index (χ4v) is 4.98. The summed E-state index contributed by atoms with van der Waals surface area (Å²) in [6, 6.07) is 18.1. The van der Waals surface area contributed by atoms with Crippen LogP contribution >= 0.6 is 23.2 Å². The number of aryl methyl sites for hydroxylation is 1. The van der Waals surface area contributed by atoms with Crippen molar-refractivity contribution < 1.29 is 13.2 Å². The van der Waals surface area contributed by atoms with E-state index in [2.05, 4.69) is 4.72 Å². The number of carbonyl (C=O) groups is 1. The number of sulfonamides is 1. The first-order chi connectivity index (χ1) is 14.3. The van der Waals surface area contributed by atoms with Gasteiger partial charge in [-0.2, -0.15) is 0 Å². The van der Waals surface area contributed by atoms with Gasteiger partial charge in [0.1, 0.15) is 0 Å². The van der Waals surface area contributed by atoms with Crippen LogP contribution in [0.25, 0.3) is 0 Å². The molecule has 3 aromatic rings. The molecule has 0 aliphatic carbocycles. The van der Waals surface area contributed by atoms with Gasteiger partial charge >= 0.3 is 0 Å². The predicted molar refractivity (Wildman–Crippen MR) is 120 cm³/mol. The summed E-state index contributed by atoms with van der Waals surface area (Å²) in [7, 11) is -3.79. The Morgan fingerprint density at radius 2 is 1.67 bits per heavy atom. The number of fused-ring (bicyclic) bond motifs is 1. The number of amides is 1. The summed E-state index contributed by atoms with van der Waals surface area (Å²) < 4.78 is 28.2. The molecular weight excluding hydrogens is 443 g/mol. The van der Waals surface area contributed by atoms with E-state index in [0.717, 1.165) is 12.0 Å². The topological polar surface area (TPSA) is 66.5 Å². The SMILES string of the molecule is O=C(c1cccc(Cl)c1)N1CCCc2cc(S(=O)(=O)Nc3cccc(Cl)c3)ccc21. The molecule has 154 valence electrons. The van der Waals surface area contributed by atoms with E-state index in [1.807, 2.05) is 0 Å². The van der Waals surface area contributed by atoms with Crippen LogP contribution in [0.3, 0.4) is 0 Å². The number of nitrogens with zero attached hydrogens (tertiary/aromatic N) is 1. The van der Waals surface area contributed by atoms with Crippen molar-refractivity contribution in [1.82, 2.24) is 0 Å². The van der Waals surface area contributed by atoms with Gasteiger partial charge in [-0.05, 0) is 73.0 Å². The third kappa shape index (κ3) is 4.31. The minimum Gasteiger partial charge on any atom is -0.308 e. The van der Waals surface area contributed by atoms with Gasteiger partial charge in [-0.25, -0.2) is 8.42 Å². The highest BCUT2D eigenvalue weighted by molar-refractivity contribution is 7.92. The molecule has 0 unspecified atom stereocenters. The van der Waals surface area contributed by atoms with E-state index in [0.29, 0.717) is 39.9 Å². The van der Waals surface area contributed by atoms with Crippen molar-refractivity contribution in [2.24, 2.45) is 0 Å². The number of anilines is 2. The summed E-state index contributed by atoms with van der Waals surface area (Å²) in [6.07, 6.45) is 1.43. The van der Waals surface area contributed by atoms with Crippen LogP contribution in [0.1, 0.15) is 22.3 Å². The third-order valence-electron chi connectivity index (χ3n) is 4.87. The molecule has 0 bridgehead atoms. The summed E-state index contributed by atoms with van der Waals surface area (Å²) in [6.45, 7) is 0.561. The molecule has 4 rings (SSSR count). The molecule has 3 aromatic carbocycles. The number of rotatable bonds is 4. The van der Waals surface area contributed by atoms with Crippen molar-refractivity contribution >= 4 is 50.5 Å². The number of nitrogens with one attached hydrogen (secondary N) is 1. The summed E-state index contributed by atoms with van der Waals surface area (Å²) in [4.78, 5) is 14.8. The summed E-state index contributed by atoms with van der Waals surface area (Å²) in [5.41, 5.74) is 2.41. The zero-order valence-corrected chi connectivity index (χ0v) is 18.1. The Labute approximate surface area is 185 Å². The first kappa shape index (κ1) is 20.7. The number of hydrogen-bond donors (Lipinski definition) is 1. The molecule has 0 atom stereocenters. The van der Waals surface area contributed by atoms with Crippen LogP contribution in [0.5, 0.6) is 0 Å². The van der Waals surface area contributed by atoms with Crippen molar-refractivity contribution in [3.05, 3.63) is 87.9 Å². The quantitative estimate of drug-likeness (QED) is 0.567. The lowest BCUT2D eigenvalue weighted by Crippen LogP contribution is -2.35. The van der Waals surface area contributed by atoms with Gasteiger partial charge in [-0.3, -0.25) is 9.52 Å². The molecule has 1 N–H and O–H groups in total. The maximum Gasteiger partial charge on any atom is 0.261 e. The molecule has 1 aliphatic rings. The maximum absolute atomic E-state index is 13.0. The van der Waals surface area contributed by atoms with Crippen LogP contribution < -0.4 is 9.62 Å². The Morgan fingerprint density at radius 1 is 0.933 bits per heavy atom. The monoisotopic (exact) mass is 460 g/mol. The van der Waals surface area contributed by atoms with E-state index in [9.17, 15) is 13.2 Å². The number of halogens is 2. The molecule has 8 heteroatoms. The third-order valence-corrected chi connectivity index (χ3v) is 6.72. The second-order valence-corrected chi connectivity index (χ2v) is 9.53. The molecule has 0 saturated heterocycles. The van der Waals surface area contributed by atoms with Crippen molar-refractivity contribution in [2.45, 2.75) is 17.7 Å². The highest BCUT2D eigenvalue weighted by Gasteiger charge is 2.26. The Hall–Kier alpha value is -2.54. The van der Waals surface area contributed by atoms with Crippen LogP contribution in [0.4, 0.5) is 11.4 Å². The molecular formula is C22H18Cl2N2O3S. The molecule has 0 spiro atoms. The lowest BCUT2D eigenvalue weighted by molar-refractivity contribution is 0.0985. The highest BCUT2D eigenvalue weighted by Crippen LogP contribution is 2.31. The second-order valence-electron chi connectivity index (χ2n) is 6.98.